The lowest BCUT2D eigenvalue weighted by atomic mass is 9.47. The van der Waals surface area contributed by atoms with E-state index in [-0.39, 0.29) is 6.10 Å². The van der Waals surface area contributed by atoms with Crippen LogP contribution in [-0.4, -0.2) is 11.2 Å². The van der Waals surface area contributed by atoms with Gasteiger partial charge in [0.15, 0.2) is 0 Å². The van der Waals surface area contributed by atoms with Crippen molar-refractivity contribution in [3.8, 4) is 0 Å². The van der Waals surface area contributed by atoms with Gasteiger partial charge in [-0.15, -0.1) is 0 Å². The summed E-state index contributed by atoms with van der Waals surface area (Å²) >= 11 is 0. The van der Waals surface area contributed by atoms with Crippen LogP contribution in [0.2, 0.25) is 0 Å². The minimum atomic E-state index is -0.0790. The molecule has 4 aliphatic rings. The van der Waals surface area contributed by atoms with Crippen LogP contribution in [0.1, 0.15) is 106 Å². The van der Waals surface area contributed by atoms with Crippen molar-refractivity contribution in [2.75, 3.05) is 0 Å². The van der Waals surface area contributed by atoms with Crippen molar-refractivity contribution in [2.45, 2.75) is 112 Å². The third-order valence-corrected chi connectivity index (χ3v) is 11.1. The van der Waals surface area contributed by atoms with Gasteiger partial charge in [-0.3, -0.25) is 0 Å². The highest BCUT2D eigenvalue weighted by Crippen LogP contribution is 2.67. The molecule has 0 aromatic carbocycles. The molecule has 2 unspecified atom stereocenters. The molecule has 3 saturated carbocycles. The largest absolute Gasteiger partial charge is 0.393 e. The minimum absolute atomic E-state index is 0.0790. The molecule has 1 N–H and O–H groups in total. The fourth-order valence-electron chi connectivity index (χ4n) is 8.68. The third kappa shape index (κ3) is 3.66. The number of hydrogen-bond acceptors (Lipinski definition) is 1. The van der Waals surface area contributed by atoms with Crippen molar-refractivity contribution in [3.63, 3.8) is 0 Å². The molecule has 4 aliphatic carbocycles. The lowest BCUT2D eigenvalue weighted by molar-refractivity contribution is -0.0574. The number of hydrogen-bond donors (Lipinski definition) is 1. The van der Waals surface area contributed by atoms with Gasteiger partial charge in [-0.2, -0.15) is 0 Å². The summed E-state index contributed by atoms with van der Waals surface area (Å²) in [5.41, 5.74) is 2.59. The first kappa shape index (κ1) is 21.9. The molecule has 166 valence electrons. The molecule has 0 heterocycles. The van der Waals surface area contributed by atoms with Crippen LogP contribution in [0, 0.1) is 52.3 Å². The monoisotopic (exact) mass is 400 g/mol. The summed E-state index contributed by atoms with van der Waals surface area (Å²) in [6, 6.07) is 0. The standard InChI is InChI=1S/C28H48O/c1-18(2)19(3)7-8-20(4)24-11-12-25-23-10-9-21-17-22(29)13-15-27(21,5)26(23)14-16-28(24,25)6/h9,18-20,22-26,29H,7-8,10-17H2,1-6H3/t19-,20+,22-,23-,24+,25?,26?,27-,28+/m0/s1. The van der Waals surface area contributed by atoms with E-state index >= 15 is 0 Å². The molecule has 0 saturated heterocycles. The predicted molar refractivity (Wildman–Crippen MR) is 124 cm³/mol. The molecule has 29 heavy (non-hydrogen) atoms. The summed E-state index contributed by atoms with van der Waals surface area (Å²) < 4.78 is 0. The average molecular weight is 401 g/mol. The molecule has 0 aliphatic heterocycles. The Hall–Kier alpha value is -0.300. The van der Waals surface area contributed by atoms with E-state index in [1.807, 2.05) is 0 Å². The Kier molecular flexibility index (Phi) is 6.04. The molecule has 1 heteroatoms. The SMILES string of the molecule is CC(C)[C@@H](C)CC[C@@H](C)[C@H]1CCC2[C@@H]3CC=C4C[C@@H](O)CC[C@]4(C)C3CC[C@@]21C. The third-order valence-electron chi connectivity index (χ3n) is 11.1. The molecular formula is C28H48O. The lowest BCUT2D eigenvalue weighted by Crippen LogP contribution is -2.50. The molecule has 0 bridgehead atoms. The number of aliphatic hydroxyl groups is 1. The molecule has 1 nitrogen and oxygen atoms in total. The van der Waals surface area contributed by atoms with Crippen LogP contribution < -0.4 is 0 Å². The first-order valence-electron chi connectivity index (χ1n) is 13.0. The lowest BCUT2D eigenvalue weighted by Gasteiger charge is -2.58. The normalized spacial score (nSPS) is 46.5. The quantitative estimate of drug-likeness (QED) is 0.470. The predicted octanol–water partition coefficient (Wildman–Crippen LogP) is 7.63. The van der Waals surface area contributed by atoms with Crippen molar-refractivity contribution in [3.05, 3.63) is 11.6 Å². The van der Waals surface area contributed by atoms with Crippen LogP contribution in [0.15, 0.2) is 11.6 Å². The summed E-state index contributed by atoms with van der Waals surface area (Å²) in [6.07, 6.45) is 15.7. The number of allylic oxidation sites excluding steroid dienone is 1. The Morgan fingerprint density at radius 2 is 1.72 bits per heavy atom. The molecule has 4 rings (SSSR count). The van der Waals surface area contributed by atoms with Crippen molar-refractivity contribution in [1.29, 1.82) is 0 Å². The summed E-state index contributed by atoms with van der Waals surface area (Å²) in [5, 5.41) is 10.2. The van der Waals surface area contributed by atoms with Crippen molar-refractivity contribution in [1.82, 2.24) is 0 Å². The second kappa shape index (κ2) is 7.99. The molecule has 0 aromatic rings. The fraction of sp³-hybridized carbons (Fsp3) is 0.929. The van der Waals surface area contributed by atoms with E-state index in [0.717, 1.165) is 54.3 Å². The Bertz CT molecular complexity index is 620. The Morgan fingerprint density at radius 1 is 0.966 bits per heavy atom. The maximum absolute atomic E-state index is 10.2. The Balaban J connectivity index is 1.49. The summed E-state index contributed by atoms with van der Waals surface area (Å²) in [7, 11) is 0. The molecule has 0 radical (unpaired) electrons. The van der Waals surface area contributed by atoms with Gasteiger partial charge in [0.2, 0.25) is 0 Å². The van der Waals surface area contributed by atoms with Crippen molar-refractivity contribution >= 4 is 0 Å². The van der Waals surface area contributed by atoms with Gasteiger partial charge >= 0.3 is 0 Å². The fourth-order valence-corrected chi connectivity index (χ4v) is 8.68. The van der Waals surface area contributed by atoms with E-state index in [2.05, 4.69) is 47.6 Å². The second-order valence-electron chi connectivity index (χ2n) is 12.7. The van der Waals surface area contributed by atoms with Gasteiger partial charge in [0.25, 0.3) is 0 Å². The van der Waals surface area contributed by atoms with E-state index in [1.165, 1.54) is 51.4 Å². The van der Waals surface area contributed by atoms with Crippen LogP contribution in [0.5, 0.6) is 0 Å². The summed E-state index contributed by atoms with van der Waals surface area (Å²) in [4.78, 5) is 0. The highest BCUT2D eigenvalue weighted by Gasteiger charge is 2.59. The van der Waals surface area contributed by atoms with Crippen molar-refractivity contribution < 1.29 is 5.11 Å². The van der Waals surface area contributed by atoms with Crippen LogP contribution in [0.25, 0.3) is 0 Å². The van der Waals surface area contributed by atoms with E-state index in [9.17, 15) is 5.11 Å². The second-order valence-corrected chi connectivity index (χ2v) is 12.7. The van der Waals surface area contributed by atoms with Gasteiger partial charge in [-0.05, 0) is 104 Å². The van der Waals surface area contributed by atoms with E-state index < -0.39 is 0 Å². The molecule has 9 atom stereocenters. The maximum Gasteiger partial charge on any atom is 0.0577 e. The highest BCUT2D eigenvalue weighted by molar-refractivity contribution is 5.25. The van der Waals surface area contributed by atoms with Gasteiger partial charge in [-0.1, -0.05) is 66.0 Å². The summed E-state index contributed by atoms with van der Waals surface area (Å²) in [6.45, 7) is 15.1. The number of rotatable bonds is 5. The van der Waals surface area contributed by atoms with E-state index in [0.29, 0.717) is 10.8 Å². The summed E-state index contributed by atoms with van der Waals surface area (Å²) in [5.74, 6) is 6.24. The first-order valence-corrected chi connectivity index (χ1v) is 13.0. The average Bonchev–Trinajstić information content (AvgIpc) is 3.03. The van der Waals surface area contributed by atoms with Gasteiger partial charge in [0, 0.05) is 0 Å². The van der Waals surface area contributed by atoms with Gasteiger partial charge in [0.05, 0.1) is 6.10 Å². The number of aliphatic hydroxyl groups excluding tert-OH is 1. The van der Waals surface area contributed by atoms with E-state index in [1.54, 1.807) is 5.57 Å². The Labute approximate surface area is 181 Å². The molecular weight excluding hydrogens is 352 g/mol. The maximum atomic E-state index is 10.2. The molecule has 0 amide bonds. The Morgan fingerprint density at radius 3 is 2.45 bits per heavy atom. The van der Waals surface area contributed by atoms with Crippen LogP contribution in [-0.2, 0) is 0 Å². The smallest absolute Gasteiger partial charge is 0.0577 e. The van der Waals surface area contributed by atoms with Gasteiger partial charge < -0.3 is 5.11 Å². The van der Waals surface area contributed by atoms with Crippen LogP contribution in [0.4, 0.5) is 0 Å². The van der Waals surface area contributed by atoms with Gasteiger partial charge in [-0.25, -0.2) is 0 Å². The molecule has 3 fully saturated rings. The highest BCUT2D eigenvalue weighted by atomic mass is 16.3. The zero-order chi connectivity index (χ0) is 21.0. The van der Waals surface area contributed by atoms with Crippen LogP contribution >= 0.6 is 0 Å². The molecule has 0 aromatic heterocycles. The number of fused-ring (bicyclic) bond motifs is 5. The first-order chi connectivity index (χ1) is 13.7. The van der Waals surface area contributed by atoms with E-state index in [4.69, 9.17) is 0 Å². The van der Waals surface area contributed by atoms with Gasteiger partial charge in [0.1, 0.15) is 0 Å². The molecule has 0 spiro atoms. The zero-order valence-electron chi connectivity index (χ0n) is 20.2. The zero-order valence-corrected chi connectivity index (χ0v) is 20.2. The topological polar surface area (TPSA) is 20.2 Å². The minimum Gasteiger partial charge on any atom is -0.393 e. The van der Waals surface area contributed by atoms with Crippen molar-refractivity contribution in [2.24, 2.45) is 52.3 Å². The van der Waals surface area contributed by atoms with Crippen LogP contribution in [0.3, 0.4) is 0 Å².